The highest BCUT2D eigenvalue weighted by Crippen LogP contribution is 2.38. The molecule has 0 saturated heterocycles. The Labute approximate surface area is 127 Å². The number of nitrogens with zero attached hydrogens (tertiary/aromatic N) is 2. The van der Waals surface area contributed by atoms with Gasteiger partial charge in [-0.3, -0.25) is 0 Å². The molecule has 118 valence electrons. The molecule has 22 heavy (non-hydrogen) atoms. The molecule has 1 heterocycles. The fourth-order valence-corrected chi connectivity index (χ4v) is 2.89. The number of ether oxygens (including phenoxy) is 1. The summed E-state index contributed by atoms with van der Waals surface area (Å²) in [5, 5.41) is 9.05. The van der Waals surface area contributed by atoms with E-state index in [-0.39, 0.29) is 10.8 Å². The lowest BCUT2D eigenvalue weighted by Gasteiger charge is -2.34. The van der Waals surface area contributed by atoms with Crippen molar-refractivity contribution in [2.45, 2.75) is 29.7 Å². The molecule has 3 rings (SSSR count). The average molecular weight is 324 g/mol. The molecule has 1 aliphatic carbocycles. The molecule has 1 aliphatic rings. The predicted molar refractivity (Wildman–Crippen MR) is 77.4 cm³/mol. The van der Waals surface area contributed by atoms with Gasteiger partial charge in [-0.15, -0.1) is 0 Å². The van der Waals surface area contributed by atoms with Crippen LogP contribution in [0.3, 0.4) is 0 Å². The van der Waals surface area contributed by atoms with Gasteiger partial charge in [0.15, 0.2) is 5.82 Å². The van der Waals surface area contributed by atoms with Crippen LogP contribution >= 0.6 is 0 Å². The van der Waals surface area contributed by atoms with Crippen LogP contribution in [0, 0.1) is 0 Å². The van der Waals surface area contributed by atoms with Crippen LogP contribution in [0.1, 0.15) is 25.1 Å². The minimum atomic E-state index is -3.84. The van der Waals surface area contributed by atoms with Crippen LogP contribution in [0.5, 0.6) is 5.75 Å². The van der Waals surface area contributed by atoms with Crippen molar-refractivity contribution in [3.8, 4) is 17.2 Å². The maximum atomic E-state index is 11.5. The summed E-state index contributed by atoms with van der Waals surface area (Å²) in [6, 6.07) is 4.18. The van der Waals surface area contributed by atoms with Crippen LogP contribution in [0.4, 0.5) is 0 Å². The molecule has 1 aromatic carbocycles. The van der Waals surface area contributed by atoms with Crippen LogP contribution in [0.2, 0.25) is 0 Å². The number of sulfonamides is 1. The van der Waals surface area contributed by atoms with Gasteiger partial charge in [0.05, 0.1) is 23.1 Å². The molecule has 1 aromatic heterocycles. The average Bonchev–Trinajstić information content (AvgIpc) is 2.93. The third-order valence-electron chi connectivity index (χ3n) is 3.85. The fraction of sp³-hybridized carbons (Fsp3) is 0.385. The first kappa shape index (κ1) is 14.9. The zero-order valence-corrected chi connectivity index (χ0v) is 12.8. The minimum Gasteiger partial charge on any atom is -0.496 e. The Balaban J connectivity index is 2.07. The van der Waals surface area contributed by atoms with Gasteiger partial charge in [-0.25, -0.2) is 13.6 Å². The Kier molecular flexibility index (Phi) is 3.42. The van der Waals surface area contributed by atoms with E-state index in [1.807, 2.05) is 0 Å². The van der Waals surface area contributed by atoms with E-state index < -0.39 is 15.6 Å². The third kappa shape index (κ3) is 2.47. The molecule has 1 saturated carbocycles. The van der Waals surface area contributed by atoms with Crippen molar-refractivity contribution in [2.24, 2.45) is 10.9 Å². The third-order valence-corrected chi connectivity index (χ3v) is 4.76. The van der Waals surface area contributed by atoms with Crippen molar-refractivity contribution < 1.29 is 17.7 Å². The van der Waals surface area contributed by atoms with Crippen LogP contribution < -0.4 is 15.6 Å². The molecule has 0 atom stereocenters. The topological polar surface area (TPSA) is 134 Å². The lowest BCUT2D eigenvalue weighted by Crippen LogP contribution is -2.44. The quantitative estimate of drug-likeness (QED) is 0.846. The highest BCUT2D eigenvalue weighted by atomic mass is 32.2. The van der Waals surface area contributed by atoms with Crippen molar-refractivity contribution in [2.75, 3.05) is 7.11 Å². The number of benzene rings is 1. The van der Waals surface area contributed by atoms with E-state index >= 15 is 0 Å². The van der Waals surface area contributed by atoms with Gasteiger partial charge in [-0.2, -0.15) is 4.98 Å². The molecule has 0 aliphatic heterocycles. The highest BCUT2D eigenvalue weighted by molar-refractivity contribution is 7.89. The van der Waals surface area contributed by atoms with Crippen molar-refractivity contribution in [1.29, 1.82) is 0 Å². The molecular formula is C13H16N4O4S. The number of hydrogen-bond donors (Lipinski definition) is 2. The Morgan fingerprint density at radius 1 is 1.36 bits per heavy atom. The molecular weight excluding hydrogens is 308 g/mol. The van der Waals surface area contributed by atoms with Crippen LogP contribution in [-0.2, 0) is 15.6 Å². The summed E-state index contributed by atoms with van der Waals surface area (Å²) in [5.41, 5.74) is 5.95. The number of rotatable bonds is 4. The molecule has 1 fully saturated rings. The smallest absolute Gasteiger partial charge is 0.261 e. The number of methoxy groups -OCH3 is 1. The largest absolute Gasteiger partial charge is 0.496 e. The summed E-state index contributed by atoms with van der Waals surface area (Å²) in [6.45, 7) is 0. The number of aromatic nitrogens is 2. The number of primary sulfonamides is 1. The van der Waals surface area contributed by atoms with Gasteiger partial charge < -0.3 is 15.0 Å². The lowest BCUT2D eigenvalue weighted by molar-refractivity contribution is 0.229. The highest BCUT2D eigenvalue weighted by Gasteiger charge is 2.39. The molecule has 0 spiro atoms. The Morgan fingerprint density at radius 3 is 2.64 bits per heavy atom. The molecule has 0 bridgehead atoms. The van der Waals surface area contributed by atoms with E-state index in [0.29, 0.717) is 17.1 Å². The zero-order chi connectivity index (χ0) is 16.0. The van der Waals surface area contributed by atoms with Gasteiger partial charge in [0, 0.05) is 0 Å². The minimum absolute atomic E-state index is 0.0610. The Morgan fingerprint density at radius 2 is 2.09 bits per heavy atom. The van der Waals surface area contributed by atoms with Crippen LogP contribution in [0.15, 0.2) is 27.6 Å². The zero-order valence-electron chi connectivity index (χ0n) is 11.9. The summed E-state index contributed by atoms with van der Waals surface area (Å²) < 4.78 is 33.4. The van der Waals surface area contributed by atoms with Gasteiger partial charge in [0.2, 0.25) is 10.0 Å². The molecule has 0 radical (unpaired) electrons. The number of hydrogen-bond acceptors (Lipinski definition) is 7. The lowest BCUT2D eigenvalue weighted by atomic mass is 9.77. The van der Waals surface area contributed by atoms with Crippen LogP contribution in [0.25, 0.3) is 11.5 Å². The van der Waals surface area contributed by atoms with Crippen LogP contribution in [-0.4, -0.2) is 25.7 Å². The van der Waals surface area contributed by atoms with Gasteiger partial charge in [0.25, 0.3) is 5.89 Å². The second-order valence-corrected chi connectivity index (χ2v) is 6.90. The van der Waals surface area contributed by atoms with Crippen molar-refractivity contribution in [1.82, 2.24) is 10.1 Å². The van der Waals surface area contributed by atoms with Gasteiger partial charge in [0.1, 0.15) is 5.75 Å². The summed E-state index contributed by atoms with van der Waals surface area (Å²) in [4.78, 5) is 4.23. The first-order valence-corrected chi connectivity index (χ1v) is 8.22. The van der Waals surface area contributed by atoms with E-state index in [9.17, 15) is 8.42 Å². The van der Waals surface area contributed by atoms with E-state index in [1.54, 1.807) is 0 Å². The van der Waals surface area contributed by atoms with Crippen molar-refractivity contribution in [3.63, 3.8) is 0 Å². The Hall–Kier alpha value is -1.97. The summed E-state index contributed by atoms with van der Waals surface area (Å²) in [7, 11) is -2.38. The second kappa shape index (κ2) is 5.04. The van der Waals surface area contributed by atoms with E-state index in [0.717, 1.165) is 19.3 Å². The first-order valence-electron chi connectivity index (χ1n) is 6.68. The SMILES string of the molecule is COc1ccc(S(N)(=O)=O)cc1-c1nc(C2(N)CCC2)no1. The summed E-state index contributed by atoms with van der Waals surface area (Å²) >= 11 is 0. The Bertz CT molecular complexity index is 811. The molecule has 9 heteroatoms. The molecule has 8 nitrogen and oxygen atoms in total. The normalized spacial score (nSPS) is 17.0. The monoisotopic (exact) mass is 324 g/mol. The maximum absolute atomic E-state index is 11.5. The first-order chi connectivity index (χ1) is 10.3. The molecule has 0 amide bonds. The second-order valence-electron chi connectivity index (χ2n) is 5.34. The fourth-order valence-electron chi connectivity index (χ4n) is 2.35. The molecule has 4 N–H and O–H groups in total. The molecule has 0 unspecified atom stereocenters. The van der Waals surface area contributed by atoms with Crippen molar-refractivity contribution in [3.05, 3.63) is 24.0 Å². The van der Waals surface area contributed by atoms with Gasteiger partial charge in [-0.05, 0) is 37.5 Å². The van der Waals surface area contributed by atoms with E-state index in [2.05, 4.69) is 10.1 Å². The summed E-state index contributed by atoms with van der Waals surface area (Å²) in [5.74, 6) is 0.966. The predicted octanol–water partition coefficient (Wildman–Crippen LogP) is 0.730. The van der Waals surface area contributed by atoms with Gasteiger partial charge in [-0.1, -0.05) is 5.16 Å². The maximum Gasteiger partial charge on any atom is 0.261 e. The molecule has 2 aromatic rings. The van der Waals surface area contributed by atoms with E-state index in [1.165, 1.54) is 25.3 Å². The van der Waals surface area contributed by atoms with E-state index in [4.69, 9.17) is 20.1 Å². The summed E-state index contributed by atoms with van der Waals surface area (Å²) in [6.07, 6.45) is 2.60. The standard InChI is InChI=1S/C13H16N4O4S/c1-20-10-4-3-8(22(15,18)19)7-9(10)11-16-12(17-21-11)13(14)5-2-6-13/h3-4,7H,2,5-6,14H2,1H3,(H2,15,18,19). The van der Waals surface area contributed by atoms with Crippen molar-refractivity contribution >= 4 is 10.0 Å². The van der Waals surface area contributed by atoms with Gasteiger partial charge >= 0.3 is 0 Å². The number of nitrogens with two attached hydrogens (primary N) is 2.